The number of carbonyl (C=O) groups is 1. The van der Waals surface area contributed by atoms with Crippen molar-refractivity contribution in [2.75, 3.05) is 0 Å². The molecule has 0 saturated carbocycles. The van der Waals surface area contributed by atoms with Gasteiger partial charge in [-0.15, -0.1) is 0 Å². The number of ether oxygens (including phenoxy) is 1. The van der Waals surface area contributed by atoms with Crippen molar-refractivity contribution in [1.29, 1.82) is 0 Å². The fourth-order valence-corrected chi connectivity index (χ4v) is 3.12. The smallest absolute Gasteiger partial charge is 0.143 e. The second kappa shape index (κ2) is 4.63. The highest BCUT2D eigenvalue weighted by Crippen LogP contribution is 2.39. The number of hydrogen-bond acceptors (Lipinski definition) is 2. The lowest BCUT2D eigenvalue weighted by atomic mass is 9.84. The van der Waals surface area contributed by atoms with E-state index in [2.05, 4.69) is 0 Å². The number of halogens is 2. The highest BCUT2D eigenvalue weighted by molar-refractivity contribution is 6.30. The first-order valence-electron chi connectivity index (χ1n) is 6.25. The van der Waals surface area contributed by atoms with Crippen LogP contribution < -0.4 is 0 Å². The van der Waals surface area contributed by atoms with E-state index in [0.717, 1.165) is 19.3 Å². The molecule has 3 unspecified atom stereocenters. The number of rotatable bonds is 3. The van der Waals surface area contributed by atoms with Gasteiger partial charge < -0.3 is 4.74 Å². The number of benzene rings is 1. The molecule has 3 rings (SSSR count). The van der Waals surface area contributed by atoms with Crippen LogP contribution in [0.2, 0.25) is 5.02 Å². The molecule has 3 atom stereocenters. The molecule has 96 valence electrons. The first kappa shape index (κ1) is 12.1. The molecule has 2 nitrogen and oxygen atoms in total. The van der Waals surface area contributed by atoms with Crippen LogP contribution in [0.1, 0.15) is 24.8 Å². The van der Waals surface area contributed by atoms with Crippen LogP contribution in [-0.4, -0.2) is 18.0 Å². The van der Waals surface area contributed by atoms with Crippen LogP contribution in [0, 0.1) is 11.7 Å². The largest absolute Gasteiger partial charge is 0.374 e. The number of carbonyl (C=O) groups excluding carboxylic acids is 1. The molecule has 18 heavy (non-hydrogen) atoms. The Bertz CT molecular complexity index is 489. The molecule has 2 fully saturated rings. The molecule has 1 aromatic carbocycles. The van der Waals surface area contributed by atoms with Gasteiger partial charge >= 0.3 is 0 Å². The molecule has 0 aromatic heterocycles. The molecule has 1 aromatic rings. The molecular formula is C14H14ClFO2. The van der Waals surface area contributed by atoms with Crippen molar-refractivity contribution >= 4 is 17.4 Å². The molecule has 0 radical (unpaired) electrons. The summed E-state index contributed by atoms with van der Waals surface area (Å²) in [5.74, 6) is -0.359. The Morgan fingerprint density at radius 3 is 2.89 bits per heavy atom. The average molecular weight is 269 g/mol. The minimum Gasteiger partial charge on any atom is -0.374 e. The average Bonchev–Trinajstić information content (AvgIpc) is 2.94. The summed E-state index contributed by atoms with van der Waals surface area (Å²) in [5, 5.41) is 0.354. The second-order valence-corrected chi connectivity index (χ2v) is 5.53. The van der Waals surface area contributed by atoms with Gasteiger partial charge in [-0.1, -0.05) is 17.7 Å². The number of ketones is 1. The lowest BCUT2D eigenvalue weighted by Gasteiger charge is -2.17. The van der Waals surface area contributed by atoms with Gasteiger partial charge in [0.15, 0.2) is 0 Å². The Morgan fingerprint density at radius 2 is 2.28 bits per heavy atom. The lowest BCUT2D eigenvalue weighted by molar-refractivity contribution is -0.123. The summed E-state index contributed by atoms with van der Waals surface area (Å²) in [6.45, 7) is 0. The molecule has 2 saturated heterocycles. The highest BCUT2D eigenvalue weighted by atomic mass is 35.5. The summed E-state index contributed by atoms with van der Waals surface area (Å²) in [7, 11) is 0. The maximum Gasteiger partial charge on any atom is 0.143 e. The molecule has 2 aliphatic rings. The van der Waals surface area contributed by atoms with Gasteiger partial charge in [-0.2, -0.15) is 0 Å². The number of hydrogen-bond donors (Lipinski definition) is 0. The Kier molecular flexibility index (Phi) is 3.12. The van der Waals surface area contributed by atoms with Crippen LogP contribution in [0.3, 0.4) is 0 Å². The quantitative estimate of drug-likeness (QED) is 0.842. The number of fused-ring (bicyclic) bond motifs is 2. The third-order valence-electron chi connectivity index (χ3n) is 3.90. The molecule has 4 heteroatoms. The Labute approximate surface area is 110 Å². The summed E-state index contributed by atoms with van der Waals surface area (Å²) >= 11 is 5.69. The first-order valence-corrected chi connectivity index (χ1v) is 6.63. The first-order chi connectivity index (χ1) is 8.63. The molecule has 0 aliphatic carbocycles. The minimum atomic E-state index is -0.403. The monoisotopic (exact) mass is 268 g/mol. The SMILES string of the molecule is O=C(Cc1ccc(Cl)cc1F)C1CC2CCC1O2. The van der Waals surface area contributed by atoms with Crippen molar-refractivity contribution in [2.24, 2.45) is 5.92 Å². The fraction of sp³-hybridized carbons (Fsp3) is 0.500. The zero-order valence-electron chi connectivity index (χ0n) is 9.86. The maximum absolute atomic E-state index is 13.6. The molecule has 2 heterocycles. The fourth-order valence-electron chi connectivity index (χ4n) is 2.96. The van der Waals surface area contributed by atoms with E-state index in [-0.39, 0.29) is 30.3 Å². The van der Waals surface area contributed by atoms with E-state index in [9.17, 15) is 9.18 Å². The van der Waals surface area contributed by atoms with Gasteiger partial charge in [0.25, 0.3) is 0 Å². The predicted octanol–water partition coefficient (Wildman–Crippen LogP) is 3.16. The topological polar surface area (TPSA) is 26.3 Å². The van der Waals surface area contributed by atoms with Crippen LogP contribution in [-0.2, 0) is 16.0 Å². The van der Waals surface area contributed by atoms with Crippen LogP contribution in [0.4, 0.5) is 4.39 Å². The van der Waals surface area contributed by atoms with Crippen molar-refractivity contribution in [3.05, 3.63) is 34.6 Å². The van der Waals surface area contributed by atoms with Crippen molar-refractivity contribution in [3.63, 3.8) is 0 Å². The van der Waals surface area contributed by atoms with Gasteiger partial charge in [0.2, 0.25) is 0 Å². The van der Waals surface area contributed by atoms with E-state index in [0.29, 0.717) is 10.6 Å². The molecule has 0 spiro atoms. The number of Topliss-reactive ketones (excluding diaryl/α,β-unsaturated/α-hetero) is 1. The molecule has 0 amide bonds. The van der Waals surface area contributed by atoms with E-state index in [1.807, 2.05) is 0 Å². The second-order valence-electron chi connectivity index (χ2n) is 5.09. The summed E-state index contributed by atoms with van der Waals surface area (Å²) < 4.78 is 19.3. The summed E-state index contributed by atoms with van der Waals surface area (Å²) in [6.07, 6.45) is 3.28. The Hall–Kier alpha value is -0.930. The van der Waals surface area contributed by atoms with Gasteiger partial charge in [-0.25, -0.2) is 4.39 Å². The normalized spacial score (nSPS) is 29.8. The predicted molar refractivity (Wildman–Crippen MR) is 66.1 cm³/mol. The summed E-state index contributed by atoms with van der Waals surface area (Å²) in [6, 6.07) is 4.45. The standard InChI is InChI=1S/C14H14ClFO2/c15-9-2-1-8(12(16)6-9)5-13(17)11-7-10-3-4-14(11)18-10/h1-2,6,10-11,14H,3-5,7H2. The zero-order chi connectivity index (χ0) is 12.7. The van der Waals surface area contributed by atoms with Crippen LogP contribution in [0.15, 0.2) is 18.2 Å². The van der Waals surface area contributed by atoms with Crippen LogP contribution >= 0.6 is 11.6 Å². The Morgan fingerprint density at radius 1 is 1.44 bits per heavy atom. The zero-order valence-corrected chi connectivity index (χ0v) is 10.6. The van der Waals surface area contributed by atoms with E-state index in [1.165, 1.54) is 6.07 Å². The van der Waals surface area contributed by atoms with Gasteiger partial charge in [0, 0.05) is 17.4 Å². The van der Waals surface area contributed by atoms with E-state index >= 15 is 0 Å². The van der Waals surface area contributed by atoms with Crippen LogP contribution in [0.25, 0.3) is 0 Å². The summed E-state index contributed by atoms with van der Waals surface area (Å²) in [5.41, 5.74) is 0.423. The van der Waals surface area contributed by atoms with Gasteiger partial charge in [-0.3, -0.25) is 4.79 Å². The van der Waals surface area contributed by atoms with Crippen molar-refractivity contribution in [1.82, 2.24) is 0 Å². The third kappa shape index (κ3) is 2.17. The Balaban J connectivity index is 1.71. The van der Waals surface area contributed by atoms with Crippen molar-refractivity contribution in [2.45, 2.75) is 37.9 Å². The molecule has 2 aliphatic heterocycles. The van der Waals surface area contributed by atoms with Crippen LogP contribution in [0.5, 0.6) is 0 Å². The molecule has 0 N–H and O–H groups in total. The lowest BCUT2D eigenvalue weighted by Crippen LogP contribution is -2.26. The molecule has 2 bridgehead atoms. The third-order valence-corrected chi connectivity index (χ3v) is 4.13. The minimum absolute atomic E-state index is 0.0428. The van der Waals surface area contributed by atoms with E-state index in [1.54, 1.807) is 12.1 Å². The molecular weight excluding hydrogens is 255 g/mol. The van der Waals surface area contributed by atoms with Gasteiger partial charge in [0.1, 0.15) is 11.6 Å². The summed E-state index contributed by atoms with van der Waals surface area (Å²) in [4.78, 5) is 12.2. The highest BCUT2D eigenvalue weighted by Gasteiger charge is 2.43. The van der Waals surface area contributed by atoms with E-state index in [4.69, 9.17) is 16.3 Å². The van der Waals surface area contributed by atoms with Gasteiger partial charge in [0.05, 0.1) is 12.2 Å². The van der Waals surface area contributed by atoms with Crippen molar-refractivity contribution < 1.29 is 13.9 Å². The van der Waals surface area contributed by atoms with E-state index < -0.39 is 5.82 Å². The van der Waals surface area contributed by atoms with Crippen molar-refractivity contribution in [3.8, 4) is 0 Å². The maximum atomic E-state index is 13.6. The van der Waals surface area contributed by atoms with Gasteiger partial charge in [-0.05, 0) is 37.0 Å².